The largest absolute Gasteiger partial charge is 0.476 e. The number of hydrogen-bond acceptors (Lipinski definition) is 4. The quantitative estimate of drug-likeness (QED) is 0.818. The van der Waals surface area contributed by atoms with Crippen LogP contribution in [0.25, 0.3) is 0 Å². The van der Waals surface area contributed by atoms with Crippen molar-refractivity contribution in [3.8, 4) is 5.88 Å². The van der Waals surface area contributed by atoms with Crippen LogP contribution in [0.15, 0.2) is 6.07 Å². The molecule has 15 heavy (non-hydrogen) atoms. The highest BCUT2D eigenvalue weighted by molar-refractivity contribution is 5.15. The molecular weight excluding hydrogens is 190 g/mol. The van der Waals surface area contributed by atoms with Crippen LogP contribution < -0.4 is 10.5 Å². The molecule has 0 saturated heterocycles. The molecule has 0 aliphatic carbocycles. The molecule has 4 nitrogen and oxygen atoms in total. The third kappa shape index (κ3) is 3.83. The molecule has 1 atom stereocenters. The van der Waals surface area contributed by atoms with Gasteiger partial charge in [-0.25, -0.2) is 4.98 Å². The lowest BCUT2D eigenvalue weighted by Gasteiger charge is -2.22. The van der Waals surface area contributed by atoms with Crippen molar-refractivity contribution in [1.82, 2.24) is 9.97 Å². The zero-order chi connectivity index (χ0) is 11.5. The van der Waals surface area contributed by atoms with E-state index in [2.05, 4.69) is 9.97 Å². The summed E-state index contributed by atoms with van der Waals surface area (Å²) in [6.07, 6.45) is 0.871. The molecule has 0 spiro atoms. The number of nitrogens with two attached hydrogens (primary N) is 1. The number of rotatable bonds is 4. The molecule has 1 heterocycles. The van der Waals surface area contributed by atoms with Gasteiger partial charge in [0.15, 0.2) is 0 Å². The number of aromatic nitrogens is 2. The van der Waals surface area contributed by atoms with Crippen molar-refractivity contribution in [3.63, 3.8) is 0 Å². The van der Waals surface area contributed by atoms with Gasteiger partial charge in [-0.15, -0.1) is 0 Å². The van der Waals surface area contributed by atoms with Crippen LogP contribution in [0.3, 0.4) is 0 Å². The maximum absolute atomic E-state index is 5.97. The average Bonchev–Trinajstić information content (AvgIpc) is 2.14. The highest BCUT2D eigenvalue weighted by Crippen LogP contribution is 2.12. The van der Waals surface area contributed by atoms with Crippen molar-refractivity contribution in [1.29, 1.82) is 0 Å². The molecule has 2 N–H and O–H groups in total. The Kier molecular flexibility index (Phi) is 3.63. The Morgan fingerprint density at radius 2 is 2.07 bits per heavy atom. The van der Waals surface area contributed by atoms with Gasteiger partial charge in [0.2, 0.25) is 5.88 Å². The summed E-state index contributed by atoms with van der Waals surface area (Å²) in [6, 6.07) is 1.82. The van der Waals surface area contributed by atoms with Crippen LogP contribution in [0.2, 0.25) is 0 Å². The van der Waals surface area contributed by atoms with Gasteiger partial charge in [0.05, 0.1) is 0 Å². The molecule has 0 radical (unpaired) electrons. The Balaban J connectivity index is 2.65. The van der Waals surface area contributed by atoms with E-state index >= 15 is 0 Å². The fraction of sp³-hybridized carbons (Fsp3) is 0.636. The van der Waals surface area contributed by atoms with Gasteiger partial charge in [0.25, 0.3) is 0 Å². The molecule has 4 heteroatoms. The summed E-state index contributed by atoms with van der Waals surface area (Å²) in [5, 5.41) is 0. The first kappa shape index (κ1) is 11.9. The molecule has 0 aliphatic rings. The lowest BCUT2D eigenvalue weighted by atomic mass is 10.0. The zero-order valence-corrected chi connectivity index (χ0v) is 9.87. The molecule has 0 fully saturated rings. The maximum atomic E-state index is 5.97. The fourth-order valence-corrected chi connectivity index (χ4v) is 1.10. The van der Waals surface area contributed by atoms with Crippen molar-refractivity contribution in [2.75, 3.05) is 6.61 Å². The molecule has 0 bridgehead atoms. The SMILES string of the molecule is CCC(C)(N)COc1cc(C)nc(C)n1. The average molecular weight is 209 g/mol. The van der Waals surface area contributed by atoms with Crippen LogP contribution >= 0.6 is 0 Å². The number of ether oxygens (including phenoxy) is 1. The van der Waals surface area contributed by atoms with Gasteiger partial charge in [-0.1, -0.05) is 6.92 Å². The molecule has 1 unspecified atom stereocenters. The van der Waals surface area contributed by atoms with Crippen LogP contribution in [-0.4, -0.2) is 22.1 Å². The van der Waals surface area contributed by atoms with Gasteiger partial charge < -0.3 is 10.5 Å². The van der Waals surface area contributed by atoms with Crippen molar-refractivity contribution in [2.24, 2.45) is 5.73 Å². The fourth-order valence-electron chi connectivity index (χ4n) is 1.10. The minimum atomic E-state index is -0.299. The summed E-state index contributed by atoms with van der Waals surface area (Å²) in [4.78, 5) is 8.36. The van der Waals surface area contributed by atoms with Gasteiger partial charge in [-0.05, 0) is 27.2 Å². The standard InChI is InChI=1S/C11H19N3O/c1-5-11(4,12)7-15-10-6-8(2)13-9(3)14-10/h6H,5,7,12H2,1-4H3. The molecule has 0 aliphatic heterocycles. The van der Waals surface area contributed by atoms with Crippen molar-refractivity contribution < 1.29 is 4.74 Å². The topological polar surface area (TPSA) is 61.0 Å². The smallest absolute Gasteiger partial charge is 0.216 e. The van der Waals surface area contributed by atoms with Crippen LogP contribution in [0, 0.1) is 13.8 Å². The first-order chi connectivity index (χ1) is 6.93. The Labute approximate surface area is 90.9 Å². The Morgan fingerprint density at radius 3 is 2.60 bits per heavy atom. The van der Waals surface area contributed by atoms with E-state index in [-0.39, 0.29) is 5.54 Å². The van der Waals surface area contributed by atoms with Gasteiger partial charge in [-0.2, -0.15) is 4.98 Å². The van der Waals surface area contributed by atoms with E-state index in [1.165, 1.54) is 0 Å². The second-order valence-corrected chi connectivity index (χ2v) is 4.19. The van der Waals surface area contributed by atoms with E-state index in [0.717, 1.165) is 17.9 Å². The lowest BCUT2D eigenvalue weighted by Crippen LogP contribution is -2.41. The molecule has 1 aromatic rings. The van der Waals surface area contributed by atoms with Crippen LogP contribution in [0.4, 0.5) is 0 Å². The van der Waals surface area contributed by atoms with E-state index in [1.54, 1.807) is 0 Å². The maximum Gasteiger partial charge on any atom is 0.216 e. The highest BCUT2D eigenvalue weighted by atomic mass is 16.5. The monoisotopic (exact) mass is 209 g/mol. The number of aryl methyl sites for hydroxylation is 2. The van der Waals surface area contributed by atoms with E-state index in [1.807, 2.05) is 33.8 Å². The number of hydrogen-bond donors (Lipinski definition) is 1. The first-order valence-electron chi connectivity index (χ1n) is 5.17. The number of nitrogens with zero attached hydrogens (tertiary/aromatic N) is 2. The minimum Gasteiger partial charge on any atom is -0.476 e. The summed E-state index contributed by atoms with van der Waals surface area (Å²) in [6.45, 7) is 8.25. The summed E-state index contributed by atoms with van der Waals surface area (Å²) >= 11 is 0. The van der Waals surface area contributed by atoms with E-state index in [9.17, 15) is 0 Å². The highest BCUT2D eigenvalue weighted by Gasteiger charge is 2.16. The van der Waals surface area contributed by atoms with E-state index < -0.39 is 0 Å². The van der Waals surface area contributed by atoms with Crippen molar-refractivity contribution >= 4 is 0 Å². The van der Waals surface area contributed by atoms with Crippen LogP contribution in [-0.2, 0) is 0 Å². The van der Waals surface area contributed by atoms with Gasteiger partial charge >= 0.3 is 0 Å². The zero-order valence-electron chi connectivity index (χ0n) is 9.87. The Hall–Kier alpha value is -1.16. The predicted octanol–water partition coefficient (Wildman–Crippen LogP) is 1.60. The predicted molar refractivity (Wildman–Crippen MR) is 59.9 cm³/mol. The summed E-state index contributed by atoms with van der Waals surface area (Å²) in [5.74, 6) is 1.32. The molecule has 1 aromatic heterocycles. The first-order valence-corrected chi connectivity index (χ1v) is 5.17. The third-order valence-corrected chi connectivity index (χ3v) is 2.30. The second-order valence-electron chi connectivity index (χ2n) is 4.19. The normalized spacial score (nSPS) is 14.7. The van der Waals surface area contributed by atoms with E-state index in [0.29, 0.717) is 12.5 Å². The summed E-state index contributed by atoms with van der Waals surface area (Å²) in [7, 11) is 0. The third-order valence-electron chi connectivity index (χ3n) is 2.30. The van der Waals surface area contributed by atoms with Gasteiger partial charge in [0, 0.05) is 17.3 Å². The molecule has 84 valence electrons. The van der Waals surface area contributed by atoms with E-state index in [4.69, 9.17) is 10.5 Å². The van der Waals surface area contributed by atoms with Gasteiger partial charge in [-0.3, -0.25) is 0 Å². The van der Waals surface area contributed by atoms with Crippen molar-refractivity contribution in [2.45, 2.75) is 39.7 Å². The van der Waals surface area contributed by atoms with Crippen molar-refractivity contribution in [3.05, 3.63) is 17.6 Å². The molecule has 0 amide bonds. The molecule has 0 saturated carbocycles. The van der Waals surface area contributed by atoms with Gasteiger partial charge in [0.1, 0.15) is 12.4 Å². The van der Waals surface area contributed by atoms with Crippen LogP contribution in [0.5, 0.6) is 5.88 Å². The molecule has 1 rings (SSSR count). The Morgan fingerprint density at radius 1 is 1.40 bits per heavy atom. The molecule has 0 aromatic carbocycles. The Bertz CT molecular complexity index is 316. The second kappa shape index (κ2) is 4.57. The lowest BCUT2D eigenvalue weighted by molar-refractivity contribution is 0.218. The summed E-state index contributed by atoms with van der Waals surface area (Å²) < 4.78 is 5.55. The molecular formula is C11H19N3O. The summed E-state index contributed by atoms with van der Waals surface area (Å²) in [5.41, 5.74) is 6.58. The minimum absolute atomic E-state index is 0.299. The van der Waals surface area contributed by atoms with Crippen LogP contribution in [0.1, 0.15) is 31.8 Å².